The summed E-state index contributed by atoms with van der Waals surface area (Å²) in [6, 6.07) is 13.9. The maximum absolute atomic E-state index is 13.5. The van der Waals surface area contributed by atoms with Crippen molar-refractivity contribution in [2.45, 2.75) is 4.90 Å². The van der Waals surface area contributed by atoms with Gasteiger partial charge in [-0.25, -0.2) is 4.39 Å². The van der Waals surface area contributed by atoms with Crippen molar-refractivity contribution < 1.29 is 9.18 Å². The van der Waals surface area contributed by atoms with Crippen molar-refractivity contribution >= 4 is 23.6 Å². The standard InChI is InChI=1S/C15H9FOS/c16-12-7-3-1-5-10(12)9-14-15(17)11-6-2-4-8-13(11)18-14/h1-9H/b14-9+. The number of hydrogen-bond donors (Lipinski definition) is 0. The summed E-state index contributed by atoms with van der Waals surface area (Å²) < 4.78 is 13.5. The molecule has 88 valence electrons. The third kappa shape index (κ3) is 1.87. The Bertz CT molecular complexity index is 661. The van der Waals surface area contributed by atoms with Gasteiger partial charge in [-0.3, -0.25) is 4.79 Å². The van der Waals surface area contributed by atoms with Crippen molar-refractivity contribution in [2.24, 2.45) is 0 Å². The van der Waals surface area contributed by atoms with Crippen molar-refractivity contribution in [3.8, 4) is 0 Å². The van der Waals surface area contributed by atoms with E-state index in [1.165, 1.54) is 17.8 Å². The Hall–Kier alpha value is -1.87. The number of carbonyl (C=O) groups excluding carboxylic acids is 1. The molecule has 0 N–H and O–H groups in total. The first-order chi connectivity index (χ1) is 8.75. The first kappa shape index (κ1) is 11.2. The number of fused-ring (bicyclic) bond motifs is 1. The molecule has 0 spiro atoms. The summed E-state index contributed by atoms with van der Waals surface area (Å²) in [5, 5.41) is 0. The van der Waals surface area contributed by atoms with Crippen LogP contribution in [0.25, 0.3) is 6.08 Å². The summed E-state index contributed by atoms with van der Waals surface area (Å²) >= 11 is 1.39. The van der Waals surface area contributed by atoms with Gasteiger partial charge in [0.05, 0.1) is 4.91 Å². The second-order valence-corrected chi connectivity index (χ2v) is 5.04. The molecule has 0 aliphatic carbocycles. The summed E-state index contributed by atoms with van der Waals surface area (Å²) in [5.41, 5.74) is 1.14. The minimum Gasteiger partial charge on any atom is -0.288 e. The van der Waals surface area contributed by atoms with Gasteiger partial charge in [-0.1, -0.05) is 42.1 Å². The zero-order valence-electron chi connectivity index (χ0n) is 9.39. The van der Waals surface area contributed by atoms with Gasteiger partial charge in [0, 0.05) is 16.0 Å². The Morgan fingerprint density at radius 3 is 2.50 bits per heavy atom. The van der Waals surface area contributed by atoms with Crippen LogP contribution >= 0.6 is 11.8 Å². The summed E-state index contributed by atoms with van der Waals surface area (Å²) in [4.78, 5) is 13.6. The Kier molecular flexibility index (Phi) is 2.76. The van der Waals surface area contributed by atoms with Gasteiger partial charge in [-0.05, 0) is 24.3 Å². The van der Waals surface area contributed by atoms with Gasteiger partial charge < -0.3 is 0 Å². The first-order valence-corrected chi connectivity index (χ1v) is 6.35. The number of thioether (sulfide) groups is 1. The van der Waals surface area contributed by atoms with E-state index in [0.717, 1.165) is 4.90 Å². The first-order valence-electron chi connectivity index (χ1n) is 5.53. The summed E-state index contributed by atoms with van der Waals surface area (Å²) in [6.45, 7) is 0. The lowest BCUT2D eigenvalue weighted by Gasteiger charge is -1.97. The monoisotopic (exact) mass is 256 g/mol. The second kappa shape index (κ2) is 4.42. The molecule has 0 amide bonds. The fourth-order valence-corrected chi connectivity index (χ4v) is 2.91. The van der Waals surface area contributed by atoms with Gasteiger partial charge in [0.25, 0.3) is 0 Å². The van der Waals surface area contributed by atoms with Crippen LogP contribution in [-0.2, 0) is 0 Å². The van der Waals surface area contributed by atoms with Crippen molar-refractivity contribution in [1.29, 1.82) is 0 Å². The van der Waals surface area contributed by atoms with Crippen LogP contribution in [0.1, 0.15) is 15.9 Å². The SMILES string of the molecule is O=C1/C(=C\c2ccccc2F)Sc2ccccc21. The molecule has 3 heteroatoms. The second-order valence-electron chi connectivity index (χ2n) is 3.96. The molecular weight excluding hydrogens is 247 g/mol. The van der Waals surface area contributed by atoms with Crippen LogP contribution in [-0.4, -0.2) is 5.78 Å². The molecule has 2 aromatic rings. The summed E-state index contributed by atoms with van der Waals surface area (Å²) in [6.07, 6.45) is 1.61. The van der Waals surface area contributed by atoms with Gasteiger partial charge in [0.2, 0.25) is 5.78 Å². The highest BCUT2D eigenvalue weighted by molar-refractivity contribution is 8.04. The van der Waals surface area contributed by atoms with E-state index in [4.69, 9.17) is 0 Å². The fourth-order valence-electron chi connectivity index (χ4n) is 1.87. The highest BCUT2D eigenvalue weighted by Crippen LogP contribution is 2.40. The molecule has 3 rings (SSSR count). The van der Waals surface area contributed by atoms with Crippen molar-refractivity contribution in [1.82, 2.24) is 0 Å². The third-order valence-electron chi connectivity index (χ3n) is 2.77. The lowest BCUT2D eigenvalue weighted by atomic mass is 10.1. The molecule has 1 nitrogen and oxygen atoms in total. The van der Waals surface area contributed by atoms with Crippen LogP contribution in [0, 0.1) is 5.82 Å². The molecule has 0 unspecified atom stereocenters. The Morgan fingerprint density at radius 2 is 1.72 bits per heavy atom. The van der Waals surface area contributed by atoms with E-state index >= 15 is 0 Å². The molecule has 1 heterocycles. The van der Waals surface area contributed by atoms with Crippen LogP contribution in [0.15, 0.2) is 58.3 Å². The maximum atomic E-state index is 13.5. The molecule has 0 aromatic heterocycles. The van der Waals surface area contributed by atoms with Gasteiger partial charge in [-0.15, -0.1) is 0 Å². The third-order valence-corrected chi connectivity index (χ3v) is 3.87. The van der Waals surface area contributed by atoms with Crippen LogP contribution in [0.2, 0.25) is 0 Å². The lowest BCUT2D eigenvalue weighted by Crippen LogP contribution is -1.94. The highest BCUT2D eigenvalue weighted by Gasteiger charge is 2.25. The number of ketones is 1. The van der Waals surface area contributed by atoms with Crippen LogP contribution in [0.5, 0.6) is 0 Å². The van der Waals surface area contributed by atoms with Gasteiger partial charge >= 0.3 is 0 Å². The molecule has 1 aliphatic rings. The van der Waals surface area contributed by atoms with Gasteiger partial charge in [0.15, 0.2) is 0 Å². The van der Waals surface area contributed by atoms with E-state index in [2.05, 4.69) is 0 Å². The Balaban J connectivity index is 2.02. The number of halogens is 1. The minimum atomic E-state index is -0.311. The van der Waals surface area contributed by atoms with E-state index in [1.807, 2.05) is 18.2 Å². The molecule has 0 fully saturated rings. The largest absolute Gasteiger partial charge is 0.288 e. The molecule has 0 saturated carbocycles. The predicted octanol–water partition coefficient (Wildman–Crippen LogP) is 4.16. The summed E-state index contributed by atoms with van der Waals surface area (Å²) in [5.74, 6) is -0.340. The smallest absolute Gasteiger partial charge is 0.200 e. The predicted molar refractivity (Wildman–Crippen MR) is 71.0 cm³/mol. The Morgan fingerprint density at radius 1 is 1.00 bits per heavy atom. The zero-order valence-corrected chi connectivity index (χ0v) is 10.2. The minimum absolute atomic E-state index is 0.0288. The van der Waals surface area contributed by atoms with E-state index < -0.39 is 0 Å². The van der Waals surface area contributed by atoms with E-state index in [9.17, 15) is 9.18 Å². The van der Waals surface area contributed by atoms with Gasteiger partial charge in [0.1, 0.15) is 5.82 Å². The molecule has 0 radical (unpaired) electrons. The summed E-state index contributed by atoms with van der Waals surface area (Å²) in [7, 11) is 0. The van der Waals surface area contributed by atoms with Crippen LogP contribution in [0.3, 0.4) is 0 Å². The lowest BCUT2D eigenvalue weighted by molar-refractivity contribution is 0.104. The Labute approximate surface area is 108 Å². The normalized spacial score (nSPS) is 16.1. The molecule has 0 atom stereocenters. The van der Waals surface area contributed by atoms with Crippen molar-refractivity contribution in [2.75, 3.05) is 0 Å². The fraction of sp³-hybridized carbons (Fsp3) is 0. The molecular formula is C15H9FOS. The van der Waals surface area contributed by atoms with E-state index in [-0.39, 0.29) is 11.6 Å². The number of carbonyl (C=O) groups is 1. The van der Waals surface area contributed by atoms with Crippen LogP contribution < -0.4 is 0 Å². The quantitative estimate of drug-likeness (QED) is 0.713. The van der Waals surface area contributed by atoms with Crippen LogP contribution in [0.4, 0.5) is 4.39 Å². The number of hydrogen-bond acceptors (Lipinski definition) is 2. The number of rotatable bonds is 1. The topological polar surface area (TPSA) is 17.1 Å². The van der Waals surface area contributed by atoms with E-state index in [1.54, 1.807) is 30.3 Å². The van der Waals surface area contributed by atoms with Crippen molar-refractivity contribution in [3.05, 3.63) is 70.4 Å². The maximum Gasteiger partial charge on any atom is 0.200 e. The average molecular weight is 256 g/mol. The number of benzene rings is 2. The number of Topliss-reactive ketones (excluding diaryl/α,β-unsaturated/α-hetero) is 1. The zero-order chi connectivity index (χ0) is 12.5. The van der Waals surface area contributed by atoms with Gasteiger partial charge in [-0.2, -0.15) is 0 Å². The molecule has 1 aliphatic heterocycles. The molecule has 2 aromatic carbocycles. The number of allylic oxidation sites excluding steroid dienone is 1. The molecule has 0 bridgehead atoms. The highest BCUT2D eigenvalue weighted by atomic mass is 32.2. The molecule has 0 saturated heterocycles. The van der Waals surface area contributed by atoms with E-state index in [0.29, 0.717) is 16.0 Å². The molecule has 18 heavy (non-hydrogen) atoms. The van der Waals surface area contributed by atoms with Crippen molar-refractivity contribution in [3.63, 3.8) is 0 Å². The average Bonchev–Trinajstić information content (AvgIpc) is 2.70.